The monoisotopic (exact) mass is 352 g/mol. The molecule has 0 spiro atoms. The highest BCUT2D eigenvalue weighted by Crippen LogP contribution is 2.20. The zero-order valence-corrected chi connectivity index (χ0v) is 15.5. The molecule has 2 heterocycles. The Morgan fingerprint density at radius 2 is 2.12 bits per heavy atom. The third-order valence-electron chi connectivity index (χ3n) is 4.24. The summed E-state index contributed by atoms with van der Waals surface area (Å²) in [4.78, 5) is 6.93. The van der Waals surface area contributed by atoms with Gasteiger partial charge in [-0.25, -0.2) is 4.99 Å². The van der Waals surface area contributed by atoms with E-state index in [-0.39, 0.29) is 6.54 Å². The maximum Gasteiger partial charge on any atom is 0.191 e. The van der Waals surface area contributed by atoms with Crippen molar-refractivity contribution in [1.29, 1.82) is 0 Å². The number of guanidine groups is 1. The first kappa shape index (κ1) is 19.8. The summed E-state index contributed by atoms with van der Waals surface area (Å²) >= 11 is 0. The molecule has 1 aromatic heterocycles. The molecule has 2 rings (SSSR count). The Bertz CT molecular complexity index is 496. The van der Waals surface area contributed by atoms with Gasteiger partial charge in [-0.3, -0.25) is 4.90 Å². The molecule has 1 saturated heterocycles. The van der Waals surface area contributed by atoms with Crippen LogP contribution in [-0.2, 0) is 10.3 Å². The first-order valence-electron chi connectivity index (χ1n) is 9.20. The van der Waals surface area contributed by atoms with Crippen molar-refractivity contribution in [3.05, 3.63) is 24.2 Å². The molecule has 1 atom stereocenters. The lowest BCUT2D eigenvalue weighted by Crippen LogP contribution is -2.40. The van der Waals surface area contributed by atoms with Crippen molar-refractivity contribution in [2.24, 2.45) is 4.99 Å². The molecular formula is C18H32N4O3. The molecule has 7 nitrogen and oxygen atoms in total. The lowest BCUT2D eigenvalue weighted by molar-refractivity contribution is 0.0372. The summed E-state index contributed by atoms with van der Waals surface area (Å²) in [7, 11) is 0. The smallest absolute Gasteiger partial charge is 0.191 e. The van der Waals surface area contributed by atoms with Gasteiger partial charge in [-0.15, -0.1) is 0 Å². The van der Waals surface area contributed by atoms with Crippen LogP contribution in [0.2, 0.25) is 0 Å². The van der Waals surface area contributed by atoms with E-state index in [0.717, 1.165) is 64.7 Å². The molecule has 1 aliphatic rings. The number of aliphatic imine (C=N–C) groups is 1. The Morgan fingerprint density at radius 3 is 2.80 bits per heavy atom. The molecule has 3 N–H and O–H groups in total. The maximum absolute atomic E-state index is 10.5. The van der Waals surface area contributed by atoms with Gasteiger partial charge in [0, 0.05) is 26.2 Å². The van der Waals surface area contributed by atoms with Crippen molar-refractivity contribution in [2.45, 2.75) is 32.3 Å². The van der Waals surface area contributed by atoms with Crippen LogP contribution in [0.5, 0.6) is 0 Å². The van der Waals surface area contributed by atoms with Crippen molar-refractivity contribution in [2.75, 3.05) is 52.5 Å². The van der Waals surface area contributed by atoms with Gasteiger partial charge in [0.1, 0.15) is 11.4 Å². The van der Waals surface area contributed by atoms with Crippen LogP contribution in [0.4, 0.5) is 0 Å². The Kier molecular flexibility index (Phi) is 8.24. The van der Waals surface area contributed by atoms with E-state index in [0.29, 0.717) is 5.76 Å². The second-order valence-corrected chi connectivity index (χ2v) is 6.53. The van der Waals surface area contributed by atoms with Crippen LogP contribution in [-0.4, -0.2) is 68.4 Å². The molecule has 0 bridgehead atoms. The lowest BCUT2D eigenvalue weighted by Gasteiger charge is -2.26. The number of hydrogen-bond donors (Lipinski definition) is 3. The normalized spacial score (nSPS) is 18.8. The predicted molar refractivity (Wildman–Crippen MR) is 98.8 cm³/mol. The van der Waals surface area contributed by atoms with Crippen LogP contribution in [0.3, 0.4) is 0 Å². The molecule has 1 fully saturated rings. The van der Waals surface area contributed by atoms with E-state index >= 15 is 0 Å². The van der Waals surface area contributed by atoms with E-state index in [9.17, 15) is 5.11 Å². The number of morpholine rings is 1. The van der Waals surface area contributed by atoms with Crippen molar-refractivity contribution >= 4 is 5.96 Å². The number of nitrogens with one attached hydrogen (secondary N) is 2. The van der Waals surface area contributed by atoms with Crippen molar-refractivity contribution in [1.82, 2.24) is 15.5 Å². The third-order valence-corrected chi connectivity index (χ3v) is 4.24. The van der Waals surface area contributed by atoms with Crippen LogP contribution < -0.4 is 10.6 Å². The third kappa shape index (κ3) is 7.05. The van der Waals surface area contributed by atoms with E-state index in [2.05, 4.69) is 20.5 Å². The molecule has 1 aromatic rings. The van der Waals surface area contributed by atoms with E-state index in [1.165, 1.54) is 0 Å². The van der Waals surface area contributed by atoms with Crippen LogP contribution in [0.15, 0.2) is 27.8 Å². The predicted octanol–water partition coefficient (Wildman–Crippen LogP) is 1.15. The maximum atomic E-state index is 10.5. The van der Waals surface area contributed by atoms with E-state index in [1.807, 2.05) is 6.92 Å². The Balaban J connectivity index is 1.70. The molecule has 1 aliphatic heterocycles. The van der Waals surface area contributed by atoms with Crippen LogP contribution >= 0.6 is 0 Å². The molecule has 0 saturated carbocycles. The lowest BCUT2D eigenvalue weighted by atomic mass is 10.0. The van der Waals surface area contributed by atoms with Gasteiger partial charge in [0.15, 0.2) is 5.96 Å². The van der Waals surface area contributed by atoms with E-state index < -0.39 is 5.60 Å². The average molecular weight is 352 g/mol. The number of furan rings is 1. The summed E-state index contributed by atoms with van der Waals surface area (Å²) in [6.45, 7) is 10.5. The van der Waals surface area contributed by atoms with Gasteiger partial charge >= 0.3 is 0 Å². The van der Waals surface area contributed by atoms with Gasteiger partial charge in [-0.05, 0) is 45.4 Å². The minimum atomic E-state index is -1.11. The van der Waals surface area contributed by atoms with Crippen LogP contribution in [0.25, 0.3) is 0 Å². The molecule has 0 amide bonds. The summed E-state index contributed by atoms with van der Waals surface area (Å²) in [5.41, 5.74) is -1.11. The average Bonchev–Trinajstić information content (AvgIpc) is 3.16. The molecule has 1 unspecified atom stereocenters. The largest absolute Gasteiger partial charge is 0.466 e. The highest BCUT2D eigenvalue weighted by molar-refractivity contribution is 5.79. The number of aliphatic hydroxyl groups is 1. The van der Waals surface area contributed by atoms with Gasteiger partial charge in [-0.1, -0.05) is 0 Å². The molecular weight excluding hydrogens is 320 g/mol. The fourth-order valence-electron chi connectivity index (χ4n) is 2.73. The van der Waals surface area contributed by atoms with Crippen LogP contribution in [0.1, 0.15) is 32.4 Å². The summed E-state index contributed by atoms with van der Waals surface area (Å²) in [6.07, 6.45) is 3.79. The highest BCUT2D eigenvalue weighted by atomic mass is 16.5. The SMILES string of the molecule is CCNC(=NCC(C)(O)c1ccco1)NCCCCN1CCOCC1. The number of ether oxygens (including phenoxy) is 1. The number of hydrogen-bond acceptors (Lipinski definition) is 5. The van der Waals surface area contributed by atoms with Crippen molar-refractivity contribution in [3.8, 4) is 0 Å². The zero-order chi connectivity index (χ0) is 18.0. The first-order valence-corrected chi connectivity index (χ1v) is 9.20. The molecule has 0 radical (unpaired) electrons. The molecule has 25 heavy (non-hydrogen) atoms. The quantitative estimate of drug-likeness (QED) is 0.351. The van der Waals surface area contributed by atoms with E-state index in [1.54, 1.807) is 25.3 Å². The summed E-state index contributed by atoms with van der Waals surface area (Å²) in [5, 5.41) is 17.0. The van der Waals surface area contributed by atoms with Gasteiger partial charge in [0.25, 0.3) is 0 Å². The first-order chi connectivity index (χ1) is 12.1. The molecule has 0 aromatic carbocycles. The van der Waals surface area contributed by atoms with Crippen LogP contribution in [0, 0.1) is 0 Å². The number of nitrogens with zero attached hydrogens (tertiary/aromatic N) is 2. The standard InChI is InChI=1S/C18H32N4O3/c1-3-19-17(21-15-18(2,23)16-7-6-12-25-16)20-8-4-5-9-22-10-13-24-14-11-22/h6-7,12,23H,3-5,8-11,13-15H2,1-2H3,(H2,19,20,21). The fraction of sp³-hybridized carbons (Fsp3) is 0.722. The van der Waals surface area contributed by atoms with Crippen molar-refractivity contribution in [3.63, 3.8) is 0 Å². The Hall–Kier alpha value is -1.57. The fourth-order valence-corrected chi connectivity index (χ4v) is 2.73. The topological polar surface area (TPSA) is 82.3 Å². The minimum Gasteiger partial charge on any atom is -0.466 e. The summed E-state index contributed by atoms with van der Waals surface area (Å²) in [6, 6.07) is 3.53. The van der Waals surface area contributed by atoms with E-state index in [4.69, 9.17) is 9.15 Å². The van der Waals surface area contributed by atoms with Gasteiger partial charge in [0.2, 0.25) is 0 Å². The minimum absolute atomic E-state index is 0.240. The van der Waals surface area contributed by atoms with Gasteiger partial charge < -0.3 is 24.9 Å². The Morgan fingerprint density at radius 1 is 1.32 bits per heavy atom. The number of unbranched alkanes of at least 4 members (excludes halogenated alkanes) is 1. The summed E-state index contributed by atoms with van der Waals surface area (Å²) < 4.78 is 10.6. The Labute approximate surface area is 150 Å². The molecule has 7 heteroatoms. The van der Waals surface area contributed by atoms with Crippen molar-refractivity contribution < 1.29 is 14.3 Å². The number of rotatable bonds is 9. The second kappa shape index (κ2) is 10.4. The molecule has 0 aliphatic carbocycles. The summed E-state index contributed by atoms with van der Waals surface area (Å²) in [5.74, 6) is 1.25. The molecule has 142 valence electrons. The van der Waals surface area contributed by atoms with Gasteiger partial charge in [-0.2, -0.15) is 0 Å². The van der Waals surface area contributed by atoms with Gasteiger partial charge in [0.05, 0.1) is 26.0 Å². The highest BCUT2D eigenvalue weighted by Gasteiger charge is 2.26. The second-order valence-electron chi connectivity index (χ2n) is 6.53. The zero-order valence-electron chi connectivity index (χ0n) is 15.5.